The van der Waals surface area contributed by atoms with E-state index in [9.17, 15) is 13.2 Å². The molecular weight excluding hydrogens is 280 g/mol. The lowest BCUT2D eigenvalue weighted by Crippen LogP contribution is -2.26. The van der Waals surface area contributed by atoms with Gasteiger partial charge in [-0.15, -0.1) is 0 Å². The highest BCUT2D eigenvalue weighted by Gasteiger charge is 2.09. The number of aryl methyl sites for hydroxylation is 1. The average molecular weight is 300 g/mol. The Kier molecular flexibility index (Phi) is 5.90. The molecule has 0 radical (unpaired) electrons. The largest absolute Gasteiger partial charge is 0.352 e. The molecule has 0 saturated carbocycles. The van der Waals surface area contributed by atoms with Crippen molar-refractivity contribution in [3.63, 3.8) is 0 Å². The van der Waals surface area contributed by atoms with Gasteiger partial charge < -0.3 is 10.7 Å². The van der Waals surface area contributed by atoms with Crippen LogP contribution in [0.1, 0.15) is 29.4 Å². The molecule has 112 valence electrons. The van der Waals surface area contributed by atoms with E-state index in [0.29, 0.717) is 30.8 Å². The summed E-state index contributed by atoms with van der Waals surface area (Å²) in [5, 5.41) is 2.67. The third-order valence-electron chi connectivity index (χ3n) is 2.63. The monoisotopic (exact) mass is 300 g/mol. The van der Waals surface area contributed by atoms with Crippen LogP contribution in [0.2, 0.25) is 0 Å². The number of nitrogen functional groups attached to an aromatic ring is 1. The second kappa shape index (κ2) is 7.20. The highest BCUT2D eigenvalue weighted by Crippen LogP contribution is 2.10. The molecule has 20 heavy (non-hydrogen) atoms. The van der Waals surface area contributed by atoms with E-state index in [4.69, 9.17) is 5.84 Å². The number of pyridine rings is 1. The van der Waals surface area contributed by atoms with Gasteiger partial charge in [0.15, 0.2) is 0 Å². The molecule has 1 amide bonds. The van der Waals surface area contributed by atoms with Gasteiger partial charge >= 0.3 is 0 Å². The predicted octanol–water partition coefficient (Wildman–Crippen LogP) is 0.0941. The van der Waals surface area contributed by atoms with E-state index in [1.165, 1.54) is 6.26 Å². The van der Waals surface area contributed by atoms with Crippen LogP contribution in [0.3, 0.4) is 0 Å². The van der Waals surface area contributed by atoms with Crippen LogP contribution in [0, 0.1) is 0 Å². The summed E-state index contributed by atoms with van der Waals surface area (Å²) in [7, 11) is -3.00. The van der Waals surface area contributed by atoms with Crippen molar-refractivity contribution in [2.24, 2.45) is 5.84 Å². The van der Waals surface area contributed by atoms with Crippen LogP contribution in [0.5, 0.6) is 0 Å². The summed E-state index contributed by atoms with van der Waals surface area (Å²) in [6.45, 7) is 2.23. The second-order valence-corrected chi connectivity index (χ2v) is 6.73. The summed E-state index contributed by atoms with van der Waals surface area (Å²) in [6.07, 6.45) is 2.24. The Hall–Kier alpha value is -1.67. The fourth-order valence-corrected chi connectivity index (χ4v) is 2.28. The SMILES string of the molecule is CCc1cc(C(=O)NCCCS(C)(=O)=O)cc(NN)n1. The number of nitrogens with zero attached hydrogens (tertiary/aromatic N) is 1. The normalized spacial score (nSPS) is 11.2. The molecule has 1 aromatic heterocycles. The molecule has 0 saturated heterocycles. The van der Waals surface area contributed by atoms with Crippen molar-refractivity contribution in [1.29, 1.82) is 0 Å². The molecule has 1 heterocycles. The van der Waals surface area contributed by atoms with E-state index < -0.39 is 9.84 Å². The van der Waals surface area contributed by atoms with Gasteiger partial charge in [-0.2, -0.15) is 0 Å². The third-order valence-corrected chi connectivity index (χ3v) is 3.66. The van der Waals surface area contributed by atoms with Crippen molar-refractivity contribution >= 4 is 21.6 Å². The Morgan fingerprint density at radius 1 is 1.40 bits per heavy atom. The fourth-order valence-electron chi connectivity index (χ4n) is 1.61. The van der Waals surface area contributed by atoms with Gasteiger partial charge in [-0.3, -0.25) is 4.79 Å². The summed E-state index contributed by atoms with van der Waals surface area (Å²) < 4.78 is 21.9. The minimum absolute atomic E-state index is 0.0550. The first kappa shape index (κ1) is 16.4. The van der Waals surface area contributed by atoms with Crippen LogP contribution < -0.4 is 16.6 Å². The van der Waals surface area contributed by atoms with Crippen molar-refractivity contribution in [3.05, 3.63) is 23.4 Å². The van der Waals surface area contributed by atoms with E-state index in [0.717, 1.165) is 5.69 Å². The van der Waals surface area contributed by atoms with Crippen LogP contribution in [-0.2, 0) is 16.3 Å². The minimum Gasteiger partial charge on any atom is -0.352 e. The molecule has 0 aliphatic rings. The molecule has 1 aromatic rings. The number of hydrogen-bond acceptors (Lipinski definition) is 6. The number of anilines is 1. The number of hydrogen-bond donors (Lipinski definition) is 3. The Bertz CT molecular complexity index is 550. The molecule has 0 bridgehead atoms. The van der Waals surface area contributed by atoms with Crippen LogP contribution in [-0.4, -0.2) is 37.9 Å². The van der Waals surface area contributed by atoms with Gasteiger partial charge in [0.1, 0.15) is 15.7 Å². The molecule has 8 heteroatoms. The lowest BCUT2D eigenvalue weighted by Gasteiger charge is -2.08. The number of nitrogens with two attached hydrogens (primary N) is 1. The molecule has 0 fully saturated rings. The number of carbonyl (C=O) groups is 1. The van der Waals surface area contributed by atoms with Gasteiger partial charge in [0, 0.05) is 24.1 Å². The lowest BCUT2D eigenvalue weighted by molar-refractivity contribution is 0.0953. The van der Waals surface area contributed by atoms with Gasteiger partial charge in [0.2, 0.25) is 0 Å². The van der Waals surface area contributed by atoms with Crippen molar-refractivity contribution < 1.29 is 13.2 Å². The van der Waals surface area contributed by atoms with Crippen LogP contribution in [0.25, 0.3) is 0 Å². The highest BCUT2D eigenvalue weighted by molar-refractivity contribution is 7.90. The molecule has 0 aliphatic heterocycles. The zero-order valence-electron chi connectivity index (χ0n) is 11.6. The lowest BCUT2D eigenvalue weighted by atomic mass is 10.2. The van der Waals surface area contributed by atoms with Crippen LogP contribution in [0.4, 0.5) is 5.82 Å². The summed E-state index contributed by atoms with van der Waals surface area (Å²) in [4.78, 5) is 16.1. The van der Waals surface area contributed by atoms with Crippen molar-refractivity contribution in [2.75, 3.05) is 24.0 Å². The Morgan fingerprint density at radius 3 is 2.65 bits per heavy atom. The summed E-state index contributed by atoms with van der Waals surface area (Å²) in [5.41, 5.74) is 3.61. The molecule has 0 aliphatic carbocycles. The van der Waals surface area contributed by atoms with Crippen LogP contribution in [0.15, 0.2) is 12.1 Å². The molecule has 0 atom stereocenters. The number of rotatable bonds is 7. The molecule has 1 rings (SSSR count). The number of amides is 1. The van der Waals surface area contributed by atoms with Crippen molar-refractivity contribution in [1.82, 2.24) is 10.3 Å². The Morgan fingerprint density at radius 2 is 2.10 bits per heavy atom. The standard InChI is InChI=1S/C12H20N4O3S/c1-3-10-7-9(8-11(15-10)16-13)12(17)14-5-4-6-20(2,18)19/h7-8H,3-6,13H2,1-2H3,(H,14,17)(H,15,16). The first-order valence-electron chi connectivity index (χ1n) is 6.29. The first-order valence-corrected chi connectivity index (χ1v) is 8.35. The zero-order chi connectivity index (χ0) is 15.2. The average Bonchev–Trinajstić information content (AvgIpc) is 2.41. The maximum absolute atomic E-state index is 11.9. The summed E-state index contributed by atoms with van der Waals surface area (Å²) >= 11 is 0. The molecular formula is C12H20N4O3S. The zero-order valence-corrected chi connectivity index (χ0v) is 12.5. The third kappa shape index (κ3) is 5.54. The Balaban J connectivity index is 2.63. The predicted molar refractivity (Wildman–Crippen MR) is 78.1 cm³/mol. The number of sulfone groups is 1. The van der Waals surface area contributed by atoms with E-state index in [1.807, 2.05) is 6.92 Å². The minimum atomic E-state index is -3.00. The van der Waals surface area contributed by atoms with Gasteiger partial charge in [0.25, 0.3) is 5.91 Å². The second-order valence-electron chi connectivity index (χ2n) is 4.47. The number of hydrazine groups is 1. The topological polar surface area (TPSA) is 114 Å². The Labute approximate surface area is 118 Å². The number of nitrogens with one attached hydrogen (secondary N) is 2. The molecule has 0 unspecified atom stereocenters. The number of carbonyl (C=O) groups excluding carboxylic acids is 1. The van der Waals surface area contributed by atoms with E-state index in [2.05, 4.69) is 15.7 Å². The van der Waals surface area contributed by atoms with E-state index in [1.54, 1.807) is 12.1 Å². The fraction of sp³-hybridized carbons (Fsp3) is 0.500. The van der Waals surface area contributed by atoms with Gasteiger partial charge in [-0.05, 0) is 25.0 Å². The quantitative estimate of drug-likeness (QED) is 0.374. The van der Waals surface area contributed by atoms with Gasteiger partial charge in [-0.1, -0.05) is 6.92 Å². The smallest absolute Gasteiger partial charge is 0.251 e. The van der Waals surface area contributed by atoms with Gasteiger partial charge in [-0.25, -0.2) is 19.2 Å². The molecule has 0 spiro atoms. The summed E-state index contributed by atoms with van der Waals surface area (Å²) in [5.74, 6) is 5.51. The molecule has 4 N–H and O–H groups in total. The highest BCUT2D eigenvalue weighted by atomic mass is 32.2. The maximum atomic E-state index is 11.9. The molecule has 0 aromatic carbocycles. The van der Waals surface area contributed by atoms with Crippen LogP contribution >= 0.6 is 0 Å². The first-order chi connectivity index (χ1) is 9.35. The summed E-state index contributed by atoms with van der Waals surface area (Å²) in [6, 6.07) is 3.23. The van der Waals surface area contributed by atoms with E-state index in [-0.39, 0.29) is 11.7 Å². The van der Waals surface area contributed by atoms with E-state index >= 15 is 0 Å². The molecule has 7 nitrogen and oxygen atoms in total. The van der Waals surface area contributed by atoms with Crippen molar-refractivity contribution in [2.45, 2.75) is 19.8 Å². The van der Waals surface area contributed by atoms with Gasteiger partial charge in [0.05, 0.1) is 5.75 Å². The van der Waals surface area contributed by atoms with Crippen molar-refractivity contribution in [3.8, 4) is 0 Å². The number of aromatic nitrogens is 1. The maximum Gasteiger partial charge on any atom is 0.251 e.